The standard InChI is InChI=1S/C19H23ClN2O5/c1-4-8-21-18(23)26-15-11-16(25-3)17(27-19(24)22-9-5-2)13-7-6-12(20)10-14(13)15/h6-7,10-11H,4-5,8-9H2,1-3H3,(H,21,23)(H,22,24). The summed E-state index contributed by atoms with van der Waals surface area (Å²) in [6, 6.07) is 6.46. The summed E-state index contributed by atoms with van der Waals surface area (Å²) in [5.74, 6) is 0.730. The summed E-state index contributed by atoms with van der Waals surface area (Å²) in [6.45, 7) is 4.86. The molecule has 2 rings (SSSR count). The first-order valence-corrected chi connectivity index (χ1v) is 9.09. The van der Waals surface area contributed by atoms with E-state index in [0.717, 1.165) is 12.8 Å². The maximum atomic E-state index is 12.0. The highest BCUT2D eigenvalue weighted by molar-refractivity contribution is 6.31. The monoisotopic (exact) mass is 394 g/mol. The van der Waals surface area contributed by atoms with E-state index >= 15 is 0 Å². The van der Waals surface area contributed by atoms with Gasteiger partial charge in [-0.1, -0.05) is 25.4 Å². The molecule has 0 aliphatic rings. The van der Waals surface area contributed by atoms with Crippen molar-refractivity contribution < 1.29 is 23.8 Å². The van der Waals surface area contributed by atoms with E-state index in [0.29, 0.717) is 28.9 Å². The number of nitrogens with one attached hydrogen (secondary N) is 2. The minimum atomic E-state index is -0.597. The lowest BCUT2D eigenvalue weighted by Gasteiger charge is -2.16. The Morgan fingerprint density at radius 2 is 1.56 bits per heavy atom. The smallest absolute Gasteiger partial charge is 0.412 e. The lowest BCUT2D eigenvalue weighted by atomic mass is 10.1. The predicted octanol–water partition coefficient (Wildman–Crippen LogP) is 4.50. The van der Waals surface area contributed by atoms with Crippen LogP contribution in [-0.2, 0) is 0 Å². The minimum Gasteiger partial charge on any atom is -0.493 e. The molecule has 0 atom stereocenters. The average Bonchev–Trinajstić information content (AvgIpc) is 2.66. The van der Waals surface area contributed by atoms with Crippen molar-refractivity contribution in [2.24, 2.45) is 0 Å². The van der Waals surface area contributed by atoms with Crippen molar-refractivity contribution >= 4 is 34.6 Å². The summed E-state index contributed by atoms with van der Waals surface area (Å²) in [7, 11) is 1.44. The van der Waals surface area contributed by atoms with Gasteiger partial charge in [0.1, 0.15) is 5.75 Å². The highest BCUT2D eigenvalue weighted by Gasteiger charge is 2.19. The van der Waals surface area contributed by atoms with Crippen molar-refractivity contribution in [3.8, 4) is 17.2 Å². The zero-order chi connectivity index (χ0) is 19.8. The van der Waals surface area contributed by atoms with Gasteiger partial charge in [-0.05, 0) is 31.0 Å². The average molecular weight is 395 g/mol. The van der Waals surface area contributed by atoms with Crippen LogP contribution in [0, 0.1) is 0 Å². The first kappa shape index (κ1) is 20.6. The number of fused-ring (bicyclic) bond motifs is 1. The minimum absolute atomic E-state index is 0.221. The number of carbonyl (C=O) groups is 2. The van der Waals surface area contributed by atoms with Crippen LogP contribution in [0.1, 0.15) is 26.7 Å². The maximum Gasteiger partial charge on any atom is 0.412 e. The Morgan fingerprint density at radius 3 is 2.15 bits per heavy atom. The first-order chi connectivity index (χ1) is 13.0. The van der Waals surface area contributed by atoms with Crippen molar-refractivity contribution in [1.29, 1.82) is 0 Å². The third-order valence-electron chi connectivity index (χ3n) is 3.63. The molecule has 0 radical (unpaired) electrons. The van der Waals surface area contributed by atoms with E-state index in [4.69, 9.17) is 25.8 Å². The molecule has 0 fully saturated rings. The zero-order valence-electron chi connectivity index (χ0n) is 15.6. The number of carbonyl (C=O) groups excluding carboxylic acids is 2. The molecule has 0 saturated carbocycles. The van der Waals surface area contributed by atoms with Crippen molar-refractivity contribution in [3.63, 3.8) is 0 Å². The largest absolute Gasteiger partial charge is 0.493 e. The summed E-state index contributed by atoms with van der Waals surface area (Å²) in [5, 5.41) is 6.78. The maximum absolute atomic E-state index is 12.0. The molecule has 0 heterocycles. The molecule has 2 aromatic carbocycles. The molecule has 0 unspecified atom stereocenters. The van der Waals surface area contributed by atoms with Gasteiger partial charge in [-0.15, -0.1) is 0 Å². The van der Waals surface area contributed by atoms with Crippen molar-refractivity contribution in [1.82, 2.24) is 10.6 Å². The van der Waals surface area contributed by atoms with Gasteiger partial charge in [-0.25, -0.2) is 9.59 Å². The number of hydrogen-bond acceptors (Lipinski definition) is 5. The Hall–Kier alpha value is -2.67. The van der Waals surface area contributed by atoms with Gasteiger partial charge in [0, 0.05) is 35.0 Å². The van der Waals surface area contributed by atoms with Crippen molar-refractivity contribution in [2.45, 2.75) is 26.7 Å². The van der Waals surface area contributed by atoms with E-state index < -0.39 is 12.2 Å². The van der Waals surface area contributed by atoms with Crippen LogP contribution in [-0.4, -0.2) is 32.4 Å². The van der Waals surface area contributed by atoms with E-state index in [2.05, 4.69) is 10.6 Å². The van der Waals surface area contributed by atoms with Gasteiger partial charge in [0.25, 0.3) is 0 Å². The number of methoxy groups -OCH3 is 1. The fraction of sp³-hybridized carbons (Fsp3) is 0.368. The lowest BCUT2D eigenvalue weighted by molar-refractivity contribution is 0.197. The quantitative estimate of drug-likeness (QED) is 0.722. The highest BCUT2D eigenvalue weighted by Crippen LogP contribution is 2.42. The first-order valence-electron chi connectivity index (χ1n) is 8.71. The molecule has 27 heavy (non-hydrogen) atoms. The number of ether oxygens (including phenoxy) is 3. The third-order valence-corrected chi connectivity index (χ3v) is 3.87. The molecule has 0 aromatic heterocycles. The Balaban J connectivity index is 2.46. The van der Waals surface area contributed by atoms with Crippen LogP contribution in [0.25, 0.3) is 10.8 Å². The molecule has 2 amide bonds. The van der Waals surface area contributed by atoms with Crippen LogP contribution in [0.5, 0.6) is 17.2 Å². The van der Waals surface area contributed by atoms with E-state index in [1.54, 1.807) is 18.2 Å². The van der Waals surface area contributed by atoms with Gasteiger partial charge in [-0.3, -0.25) is 0 Å². The van der Waals surface area contributed by atoms with E-state index in [1.807, 2.05) is 13.8 Å². The molecular weight excluding hydrogens is 372 g/mol. The van der Waals surface area contributed by atoms with Crippen LogP contribution >= 0.6 is 11.6 Å². The third kappa shape index (κ3) is 5.40. The summed E-state index contributed by atoms with van der Waals surface area (Å²) >= 11 is 6.10. The molecule has 146 valence electrons. The van der Waals surface area contributed by atoms with Gasteiger partial charge < -0.3 is 24.8 Å². The van der Waals surface area contributed by atoms with E-state index in [-0.39, 0.29) is 17.2 Å². The van der Waals surface area contributed by atoms with Crippen molar-refractivity contribution in [3.05, 3.63) is 29.3 Å². The van der Waals surface area contributed by atoms with Crippen LogP contribution in [0.3, 0.4) is 0 Å². The van der Waals surface area contributed by atoms with E-state index in [1.165, 1.54) is 13.2 Å². The van der Waals surface area contributed by atoms with Crippen LogP contribution in [0.2, 0.25) is 5.02 Å². The second kappa shape index (κ2) is 9.87. The SMILES string of the molecule is CCCNC(=O)Oc1cc(OC)c(OC(=O)NCCC)c2ccc(Cl)cc12. The van der Waals surface area contributed by atoms with Crippen LogP contribution in [0.4, 0.5) is 9.59 Å². The molecule has 0 bridgehead atoms. The van der Waals surface area contributed by atoms with Gasteiger partial charge in [-0.2, -0.15) is 0 Å². The summed E-state index contributed by atoms with van der Waals surface area (Å²) in [4.78, 5) is 24.0. The number of rotatable bonds is 7. The molecular formula is C19H23ClN2O5. The summed E-state index contributed by atoms with van der Waals surface area (Å²) in [5.41, 5.74) is 0. The molecule has 2 N–H and O–H groups in total. The second-order valence-electron chi connectivity index (χ2n) is 5.73. The van der Waals surface area contributed by atoms with E-state index in [9.17, 15) is 9.59 Å². The van der Waals surface area contributed by atoms with Crippen LogP contribution < -0.4 is 24.8 Å². The Labute approximate surface area is 162 Å². The lowest BCUT2D eigenvalue weighted by Crippen LogP contribution is -2.28. The predicted molar refractivity (Wildman–Crippen MR) is 104 cm³/mol. The van der Waals surface area contributed by atoms with Gasteiger partial charge in [0.05, 0.1) is 7.11 Å². The number of amides is 2. The molecule has 7 nitrogen and oxygen atoms in total. The normalized spacial score (nSPS) is 10.4. The summed E-state index contributed by atoms with van der Waals surface area (Å²) in [6.07, 6.45) is 0.377. The second-order valence-corrected chi connectivity index (χ2v) is 6.17. The number of halogens is 1. The molecule has 0 saturated heterocycles. The van der Waals surface area contributed by atoms with Gasteiger partial charge >= 0.3 is 12.2 Å². The van der Waals surface area contributed by atoms with Gasteiger partial charge in [0.2, 0.25) is 0 Å². The molecule has 0 aliphatic heterocycles. The molecule has 0 spiro atoms. The Bertz CT molecular complexity index is 825. The van der Waals surface area contributed by atoms with Crippen LogP contribution in [0.15, 0.2) is 24.3 Å². The summed E-state index contributed by atoms with van der Waals surface area (Å²) < 4.78 is 16.2. The fourth-order valence-electron chi connectivity index (χ4n) is 2.37. The number of hydrogen-bond donors (Lipinski definition) is 2. The molecule has 0 aliphatic carbocycles. The zero-order valence-corrected chi connectivity index (χ0v) is 16.3. The Morgan fingerprint density at radius 1 is 0.926 bits per heavy atom. The number of benzene rings is 2. The molecule has 2 aromatic rings. The molecule has 8 heteroatoms. The topological polar surface area (TPSA) is 85.9 Å². The highest BCUT2D eigenvalue weighted by atomic mass is 35.5. The fourth-order valence-corrected chi connectivity index (χ4v) is 2.55. The van der Waals surface area contributed by atoms with Gasteiger partial charge in [0.15, 0.2) is 11.5 Å². The van der Waals surface area contributed by atoms with Crippen molar-refractivity contribution in [2.75, 3.05) is 20.2 Å². The Kier molecular flexibility index (Phi) is 7.55.